The summed E-state index contributed by atoms with van der Waals surface area (Å²) in [6.45, 7) is 1.90. The molecular weight excluding hydrogens is 403 g/mol. The molecule has 1 aliphatic heterocycles. The first-order chi connectivity index (χ1) is 13.9. The number of nitrogens with zero attached hydrogens (tertiary/aromatic N) is 2. The molecule has 0 bridgehead atoms. The normalized spacial score (nSPS) is 20.5. The summed E-state index contributed by atoms with van der Waals surface area (Å²) in [4.78, 5) is 2.00. The summed E-state index contributed by atoms with van der Waals surface area (Å²) in [5, 5.41) is 0.628. The van der Waals surface area contributed by atoms with Gasteiger partial charge in [0.15, 0.2) is 0 Å². The van der Waals surface area contributed by atoms with Gasteiger partial charge in [-0.15, -0.1) is 4.40 Å². The van der Waals surface area contributed by atoms with Gasteiger partial charge in [-0.1, -0.05) is 59.6 Å². The van der Waals surface area contributed by atoms with Gasteiger partial charge in [0, 0.05) is 16.5 Å². The first-order valence-electron chi connectivity index (χ1n) is 9.14. The fourth-order valence-electron chi connectivity index (χ4n) is 3.41. The number of benzene rings is 3. The molecule has 0 unspecified atom stereocenters. The highest BCUT2D eigenvalue weighted by molar-refractivity contribution is 7.90. The Kier molecular flexibility index (Phi) is 5.24. The third kappa shape index (κ3) is 3.82. The number of rotatable bonds is 4. The lowest BCUT2D eigenvalue weighted by Gasteiger charge is -2.49. The molecule has 0 amide bonds. The maximum Gasteiger partial charge on any atom is 0.283 e. The van der Waals surface area contributed by atoms with Crippen molar-refractivity contribution in [1.29, 1.82) is 0 Å². The van der Waals surface area contributed by atoms with Gasteiger partial charge in [-0.05, 0) is 48.9 Å². The Morgan fingerprint density at radius 3 is 2.17 bits per heavy atom. The van der Waals surface area contributed by atoms with Gasteiger partial charge >= 0.3 is 0 Å². The van der Waals surface area contributed by atoms with Crippen LogP contribution in [0.2, 0.25) is 10.8 Å². The number of para-hydroxylation sites is 1. The van der Waals surface area contributed by atoms with Crippen LogP contribution >= 0.6 is 11.6 Å². The van der Waals surface area contributed by atoms with Crippen molar-refractivity contribution >= 4 is 41.0 Å². The third-order valence-corrected chi connectivity index (χ3v) is 6.49. The van der Waals surface area contributed by atoms with Crippen molar-refractivity contribution in [1.82, 2.24) is 0 Å². The molecule has 0 aliphatic carbocycles. The molecule has 2 radical (unpaired) electrons. The Bertz CT molecular complexity index is 1150. The molecular formula is C22H18BClN2O2S. The van der Waals surface area contributed by atoms with Gasteiger partial charge < -0.3 is 4.90 Å². The second-order valence-corrected chi connectivity index (χ2v) is 9.01. The van der Waals surface area contributed by atoms with E-state index in [-0.39, 0.29) is 10.9 Å². The minimum atomic E-state index is -3.88. The summed E-state index contributed by atoms with van der Waals surface area (Å²) in [6, 6.07) is 23.3. The van der Waals surface area contributed by atoms with Gasteiger partial charge in [0.1, 0.15) is 5.84 Å². The highest BCUT2D eigenvalue weighted by Gasteiger charge is 2.44. The molecule has 4 nitrogen and oxygen atoms in total. The summed E-state index contributed by atoms with van der Waals surface area (Å²) in [7, 11) is 2.53. The number of anilines is 1. The lowest BCUT2D eigenvalue weighted by atomic mass is 9.69. The number of amidine groups is 1. The van der Waals surface area contributed by atoms with Crippen molar-refractivity contribution in [3.63, 3.8) is 0 Å². The first-order valence-corrected chi connectivity index (χ1v) is 11.0. The lowest BCUT2D eigenvalue weighted by Crippen LogP contribution is -2.52. The van der Waals surface area contributed by atoms with E-state index in [0.29, 0.717) is 10.9 Å². The number of sulfonamides is 1. The summed E-state index contributed by atoms with van der Waals surface area (Å²) < 4.78 is 29.8. The van der Waals surface area contributed by atoms with Gasteiger partial charge in [0.2, 0.25) is 0 Å². The van der Waals surface area contributed by atoms with Crippen molar-refractivity contribution in [2.24, 2.45) is 4.40 Å². The van der Waals surface area contributed by atoms with Gasteiger partial charge in [0.05, 0.1) is 18.8 Å². The van der Waals surface area contributed by atoms with E-state index in [1.165, 1.54) is 0 Å². The lowest BCUT2D eigenvalue weighted by molar-refractivity contribution is 0.594. The van der Waals surface area contributed by atoms with Crippen LogP contribution in [0.4, 0.5) is 5.69 Å². The van der Waals surface area contributed by atoms with Crippen molar-refractivity contribution in [2.45, 2.75) is 23.7 Å². The maximum atomic E-state index is 12.9. The minimum absolute atomic E-state index is 0.144. The van der Waals surface area contributed by atoms with Gasteiger partial charge in [-0.25, -0.2) is 0 Å². The molecule has 3 aromatic carbocycles. The predicted octanol–water partition coefficient (Wildman–Crippen LogP) is 4.95. The molecule has 0 aromatic heterocycles. The quantitative estimate of drug-likeness (QED) is 0.561. The zero-order chi connectivity index (χ0) is 20.6. The fraction of sp³-hybridized carbons (Fsp3) is 0.136. The molecule has 1 saturated heterocycles. The Labute approximate surface area is 177 Å². The van der Waals surface area contributed by atoms with E-state index in [9.17, 15) is 8.42 Å². The molecule has 2 atom stereocenters. The highest BCUT2D eigenvalue weighted by atomic mass is 35.5. The van der Waals surface area contributed by atoms with Crippen LogP contribution in [0.25, 0.3) is 0 Å². The van der Waals surface area contributed by atoms with Crippen LogP contribution in [0.3, 0.4) is 0 Å². The smallest absolute Gasteiger partial charge is 0.283 e. The maximum absolute atomic E-state index is 12.9. The number of hydrogen-bond donors (Lipinski definition) is 0. The Morgan fingerprint density at radius 2 is 1.55 bits per heavy atom. The van der Waals surface area contributed by atoms with Crippen LogP contribution in [-0.2, 0) is 10.0 Å². The SMILES string of the molecule is [B][C@H]1/C(=N/S(=O)(=O)c2ccc(C)cc2)N(c2ccccc2)[C@@H]1c1ccc(Cl)cc1. The van der Waals surface area contributed by atoms with Crippen LogP contribution in [0.5, 0.6) is 0 Å². The van der Waals surface area contributed by atoms with Crippen LogP contribution in [0.15, 0.2) is 88.2 Å². The van der Waals surface area contributed by atoms with Crippen molar-refractivity contribution < 1.29 is 8.42 Å². The molecule has 7 heteroatoms. The van der Waals surface area contributed by atoms with E-state index < -0.39 is 15.8 Å². The molecule has 29 heavy (non-hydrogen) atoms. The molecule has 1 fully saturated rings. The number of aryl methyl sites for hydroxylation is 1. The van der Waals surface area contributed by atoms with E-state index in [2.05, 4.69) is 4.40 Å². The first kappa shape index (κ1) is 19.7. The van der Waals surface area contributed by atoms with E-state index in [0.717, 1.165) is 16.8 Å². The minimum Gasteiger partial charge on any atom is -0.322 e. The number of hydrogen-bond acceptors (Lipinski definition) is 2. The second kappa shape index (κ2) is 7.69. The van der Waals surface area contributed by atoms with Crippen LogP contribution in [0, 0.1) is 6.92 Å². The predicted molar refractivity (Wildman–Crippen MR) is 118 cm³/mol. The second-order valence-electron chi connectivity index (χ2n) is 6.97. The topological polar surface area (TPSA) is 49.7 Å². The average Bonchev–Trinajstić information content (AvgIpc) is 2.72. The molecule has 1 heterocycles. The van der Waals surface area contributed by atoms with Gasteiger partial charge in [-0.3, -0.25) is 0 Å². The van der Waals surface area contributed by atoms with Gasteiger partial charge in [0.25, 0.3) is 10.0 Å². The Hall–Kier alpha value is -2.57. The Morgan fingerprint density at radius 1 is 0.931 bits per heavy atom. The molecule has 3 aromatic rings. The van der Waals surface area contributed by atoms with Crippen LogP contribution < -0.4 is 4.90 Å². The van der Waals surface area contributed by atoms with Gasteiger partial charge in [-0.2, -0.15) is 8.42 Å². The summed E-state index contributed by atoms with van der Waals surface area (Å²) in [5.41, 5.74) is 2.75. The van der Waals surface area contributed by atoms with E-state index in [1.54, 1.807) is 36.4 Å². The summed E-state index contributed by atoms with van der Waals surface area (Å²) >= 11 is 6.01. The molecule has 144 valence electrons. The fourth-order valence-corrected chi connectivity index (χ4v) is 4.58. The molecule has 0 saturated carbocycles. The average molecular weight is 421 g/mol. The molecule has 4 rings (SSSR count). The Balaban J connectivity index is 1.77. The zero-order valence-corrected chi connectivity index (χ0v) is 17.3. The standard InChI is InChI=1S/C22H18BClN2O2S/c1-15-7-13-19(14-8-15)29(27,28)25-22-20(23)21(16-9-11-17(24)12-10-16)26(22)18-5-3-2-4-6-18/h2-14,20-21H,1H3/b25-22-/t20-,21-/m1/s1. The zero-order valence-electron chi connectivity index (χ0n) is 15.7. The van der Waals surface area contributed by atoms with E-state index in [4.69, 9.17) is 19.4 Å². The van der Waals surface area contributed by atoms with E-state index >= 15 is 0 Å². The molecule has 0 N–H and O–H groups in total. The van der Waals surface area contributed by atoms with Crippen LogP contribution in [0.1, 0.15) is 17.2 Å². The highest BCUT2D eigenvalue weighted by Crippen LogP contribution is 2.46. The van der Waals surface area contributed by atoms with E-state index in [1.807, 2.05) is 54.3 Å². The molecule has 1 aliphatic rings. The monoisotopic (exact) mass is 420 g/mol. The summed E-state index contributed by atoms with van der Waals surface area (Å²) in [5.74, 6) is -0.242. The largest absolute Gasteiger partial charge is 0.322 e. The van der Waals surface area contributed by atoms with Crippen molar-refractivity contribution in [3.05, 3.63) is 95.0 Å². The van der Waals surface area contributed by atoms with Crippen molar-refractivity contribution in [3.8, 4) is 0 Å². The number of halogens is 1. The molecule has 0 spiro atoms. The third-order valence-electron chi connectivity index (χ3n) is 4.94. The van der Waals surface area contributed by atoms with Crippen molar-refractivity contribution in [2.75, 3.05) is 4.90 Å². The summed E-state index contributed by atoms with van der Waals surface area (Å²) in [6.07, 6.45) is 0. The van der Waals surface area contributed by atoms with Crippen LogP contribution in [-0.4, -0.2) is 22.1 Å².